The molecule has 1 fully saturated rings. The molecule has 2 N–H and O–H groups in total. The highest BCUT2D eigenvalue weighted by Gasteiger charge is 2.25. The van der Waals surface area contributed by atoms with Gasteiger partial charge in [0, 0.05) is 32.4 Å². The first-order valence-electron chi connectivity index (χ1n) is 5.63. The molecule has 0 aromatic rings. The number of hydrogen-bond acceptors (Lipinski definition) is 4. The molecule has 90 valence electrons. The summed E-state index contributed by atoms with van der Waals surface area (Å²) in [6.07, 6.45) is 1.85. The Morgan fingerprint density at radius 3 is 2.93 bits per heavy atom. The molecule has 0 saturated carbocycles. The third-order valence-corrected chi connectivity index (χ3v) is 2.97. The standard InChI is InChI=1S/C11H23NO3/c1-11(4-5-13,9-14-2)12-7-10-3-6-15-8-10/h10,12-13H,3-9H2,1-2H3. The second-order valence-electron chi connectivity index (χ2n) is 4.58. The molecule has 0 spiro atoms. The summed E-state index contributed by atoms with van der Waals surface area (Å²) in [5.74, 6) is 0.611. The molecule has 2 atom stereocenters. The van der Waals surface area contributed by atoms with Gasteiger partial charge < -0.3 is 19.9 Å². The summed E-state index contributed by atoms with van der Waals surface area (Å²) in [6, 6.07) is 0. The van der Waals surface area contributed by atoms with Crippen molar-refractivity contribution >= 4 is 0 Å². The Morgan fingerprint density at radius 2 is 2.40 bits per heavy atom. The summed E-state index contributed by atoms with van der Waals surface area (Å²) in [5.41, 5.74) is -0.119. The number of hydrogen-bond donors (Lipinski definition) is 2. The molecule has 0 aliphatic carbocycles. The van der Waals surface area contributed by atoms with E-state index in [1.165, 1.54) is 0 Å². The van der Waals surface area contributed by atoms with Crippen LogP contribution in [0.4, 0.5) is 0 Å². The molecular weight excluding hydrogens is 194 g/mol. The maximum absolute atomic E-state index is 9.00. The van der Waals surface area contributed by atoms with Crippen molar-refractivity contribution in [1.29, 1.82) is 0 Å². The summed E-state index contributed by atoms with van der Waals surface area (Å²) >= 11 is 0. The zero-order valence-corrected chi connectivity index (χ0v) is 9.79. The van der Waals surface area contributed by atoms with Crippen LogP contribution in [-0.2, 0) is 9.47 Å². The van der Waals surface area contributed by atoms with E-state index in [9.17, 15) is 0 Å². The normalized spacial score (nSPS) is 25.4. The van der Waals surface area contributed by atoms with Crippen LogP contribution >= 0.6 is 0 Å². The van der Waals surface area contributed by atoms with Crippen LogP contribution in [-0.4, -0.2) is 50.7 Å². The van der Waals surface area contributed by atoms with Crippen molar-refractivity contribution in [3.63, 3.8) is 0 Å². The van der Waals surface area contributed by atoms with E-state index in [1.54, 1.807) is 7.11 Å². The first kappa shape index (κ1) is 12.9. The largest absolute Gasteiger partial charge is 0.396 e. The average molecular weight is 217 g/mol. The van der Waals surface area contributed by atoms with Gasteiger partial charge in [0.05, 0.1) is 13.2 Å². The molecule has 4 nitrogen and oxygen atoms in total. The summed E-state index contributed by atoms with van der Waals surface area (Å²) in [7, 11) is 1.69. The molecule has 15 heavy (non-hydrogen) atoms. The molecule has 0 aromatic heterocycles. The Kier molecular flexibility index (Phi) is 5.53. The van der Waals surface area contributed by atoms with Gasteiger partial charge in [-0.25, -0.2) is 0 Å². The summed E-state index contributed by atoms with van der Waals surface area (Å²) in [6.45, 7) is 5.58. The lowest BCUT2D eigenvalue weighted by molar-refractivity contribution is 0.0938. The van der Waals surface area contributed by atoms with Gasteiger partial charge >= 0.3 is 0 Å². The van der Waals surface area contributed by atoms with Crippen LogP contribution in [0, 0.1) is 5.92 Å². The van der Waals surface area contributed by atoms with Gasteiger partial charge in [0.2, 0.25) is 0 Å². The van der Waals surface area contributed by atoms with Crippen molar-refractivity contribution in [3.8, 4) is 0 Å². The van der Waals surface area contributed by atoms with Crippen molar-refractivity contribution in [3.05, 3.63) is 0 Å². The molecule has 1 heterocycles. The predicted octanol–water partition coefficient (Wildman–Crippen LogP) is 0.400. The number of rotatable bonds is 7. The predicted molar refractivity (Wildman–Crippen MR) is 58.9 cm³/mol. The van der Waals surface area contributed by atoms with Crippen LogP contribution < -0.4 is 5.32 Å². The van der Waals surface area contributed by atoms with Crippen LogP contribution in [0.25, 0.3) is 0 Å². The van der Waals surface area contributed by atoms with Crippen LogP contribution in [0.15, 0.2) is 0 Å². The van der Waals surface area contributed by atoms with Crippen LogP contribution in [0.1, 0.15) is 19.8 Å². The molecular formula is C11H23NO3. The number of aliphatic hydroxyl groups is 1. The van der Waals surface area contributed by atoms with Gasteiger partial charge in [-0.05, 0) is 25.7 Å². The van der Waals surface area contributed by atoms with Crippen molar-refractivity contribution in [2.24, 2.45) is 5.92 Å². The van der Waals surface area contributed by atoms with Gasteiger partial charge in [0.15, 0.2) is 0 Å². The minimum Gasteiger partial charge on any atom is -0.396 e. The van der Waals surface area contributed by atoms with E-state index in [4.69, 9.17) is 14.6 Å². The minimum absolute atomic E-state index is 0.119. The molecule has 1 aliphatic heterocycles. The fraction of sp³-hybridized carbons (Fsp3) is 1.00. The molecule has 1 saturated heterocycles. The highest BCUT2D eigenvalue weighted by molar-refractivity contribution is 4.84. The molecule has 0 amide bonds. The van der Waals surface area contributed by atoms with E-state index >= 15 is 0 Å². The molecule has 0 radical (unpaired) electrons. The SMILES string of the molecule is COCC(C)(CCO)NCC1CCOC1. The molecule has 0 bridgehead atoms. The Morgan fingerprint density at radius 1 is 1.60 bits per heavy atom. The van der Waals surface area contributed by atoms with E-state index in [0.29, 0.717) is 18.9 Å². The smallest absolute Gasteiger partial charge is 0.0642 e. The monoisotopic (exact) mass is 217 g/mol. The lowest BCUT2D eigenvalue weighted by atomic mass is 9.98. The fourth-order valence-electron chi connectivity index (χ4n) is 1.91. The van der Waals surface area contributed by atoms with E-state index in [-0.39, 0.29) is 12.1 Å². The Hall–Kier alpha value is -0.160. The van der Waals surface area contributed by atoms with Crippen LogP contribution in [0.3, 0.4) is 0 Å². The second-order valence-corrected chi connectivity index (χ2v) is 4.58. The minimum atomic E-state index is -0.119. The fourth-order valence-corrected chi connectivity index (χ4v) is 1.91. The molecule has 4 heteroatoms. The zero-order chi connectivity index (χ0) is 11.1. The zero-order valence-electron chi connectivity index (χ0n) is 9.79. The number of ether oxygens (including phenoxy) is 2. The first-order valence-corrected chi connectivity index (χ1v) is 5.63. The lowest BCUT2D eigenvalue weighted by Gasteiger charge is -2.30. The van der Waals surface area contributed by atoms with Gasteiger partial charge in [-0.3, -0.25) is 0 Å². The first-order chi connectivity index (χ1) is 7.20. The highest BCUT2D eigenvalue weighted by atomic mass is 16.5. The van der Waals surface area contributed by atoms with Gasteiger partial charge in [-0.15, -0.1) is 0 Å². The topological polar surface area (TPSA) is 50.7 Å². The van der Waals surface area contributed by atoms with E-state index in [1.807, 2.05) is 0 Å². The van der Waals surface area contributed by atoms with Crippen molar-refractivity contribution in [1.82, 2.24) is 5.32 Å². The summed E-state index contributed by atoms with van der Waals surface area (Å²) in [5, 5.41) is 12.5. The van der Waals surface area contributed by atoms with Crippen molar-refractivity contribution < 1.29 is 14.6 Å². The second kappa shape index (κ2) is 6.43. The summed E-state index contributed by atoms with van der Waals surface area (Å²) < 4.78 is 10.5. The molecule has 1 aliphatic rings. The third-order valence-electron chi connectivity index (χ3n) is 2.97. The van der Waals surface area contributed by atoms with E-state index in [0.717, 1.165) is 26.2 Å². The number of nitrogens with one attached hydrogen (secondary N) is 1. The van der Waals surface area contributed by atoms with Gasteiger partial charge in [-0.1, -0.05) is 0 Å². The van der Waals surface area contributed by atoms with Gasteiger partial charge in [-0.2, -0.15) is 0 Å². The average Bonchev–Trinajstić information content (AvgIpc) is 2.68. The maximum atomic E-state index is 9.00. The Labute approximate surface area is 92.0 Å². The van der Waals surface area contributed by atoms with E-state index < -0.39 is 0 Å². The lowest BCUT2D eigenvalue weighted by Crippen LogP contribution is -2.48. The Balaban J connectivity index is 2.29. The van der Waals surface area contributed by atoms with Gasteiger partial charge in [0.1, 0.15) is 0 Å². The van der Waals surface area contributed by atoms with Gasteiger partial charge in [0.25, 0.3) is 0 Å². The third kappa shape index (κ3) is 4.47. The van der Waals surface area contributed by atoms with Crippen molar-refractivity contribution in [2.45, 2.75) is 25.3 Å². The molecule has 0 aromatic carbocycles. The van der Waals surface area contributed by atoms with Crippen LogP contribution in [0.5, 0.6) is 0 Å². The molecule has 2 unspecified atom stereocenters. The van der Waals surface area contributed by atoms with Crippen LogP contribution in [0.2, 0.25) is 0 Å². The summed E-state index contributed by atoms with van der Waals surface area (Å²) in [4.78, 5) is 0. The maximum Gasteiger partial charge on any atom is 0.0642 e. The number of aliphatic hydroxyl groups excluding tert-OH is 1. The quantitative estimate of drug-likeness (QED) is 0.648. The number of methoxy groups -OCH3 is 1. The van der Waals surface area contributed by atoms with Crippen molar-refractivity contribution in [2.75, 3.05) is 40.1 Å². The Bertz CT molecular complexity index is 163. The molecule has 1 rings (SSSR count). The van der Waals surface area contributed by atoms with E-state index in [2.05, 4.69) is 12.2 Å². The highest BCUT2D eigenvalue weighted by Crippen LogP contribution is 2.15.